The van der Waals surface area contributed by atoms with Crippen LogP contribution in [0.15, 0.2) is 79.1 Å². The van der Waals surface area contributed by atoms with Crippen molar-refractivity contribution < 1.29 is 9.63 Å². The van der Waals surface area contributed by atoms with Gasteiger partial charge in [-0.2, -0.15) is 5.10 Å². The molecule has 1 N–H and O–H groups in total. The Morgan fingerprint density at radius 1 is 1.04 bits per heavy atom. The first-order valence-corrected chi connectivity index (χ1v) is 7.34. The molecule has 1 heterocycles. The predicted octanol–water partition coefficient (Wildman–Crippen LogP) is 2.72. The van der Waals surface area contributed by atoms with E-state index >= 15 is 0 Å². The van der Waals surface area contributed by atoms with Crippen LogP contribution in [-0.4, -0.2) is 15.7 Å². The summed E-state index contributed by atoms with van der Waals surface area (Å²) in [6.45, 7) is 0.313. The van der Waals surface area contributed by atoms with Crippen molar-refractivity contribution >= 4 is 5.91 Å². The number of nitrogens with one attached hydrogen (secondary N) is 1. The van der Waals surface area contributed by atoms with Crippen LogP contribution in [0.5, 0.6) is 0 Å². The van der Waals surface area contributed by atoms with Gasteiger partial charge in [-0.25, -0.2) is 5.48 Å². The van der Waals surface area contributed by atoms with Gasteiger partial charge in [0, 0.05) is 12.4 Å². The lowest BCUT2D eigenvalue weighted by atomic mass is 10.1. The number of amides is 1. The molecule has 1 aromatic heterocycles. The fraction of sp³-hybridized carbons (Fsp3) is 0.111. The maximum absolute atomic E-state index is 12.5. The van der Waals surface area contributed by atoms with Crippen LogP contribution in [0.4, 0.5) is 0 Å². The monoisotopic (exact) mass is 307 g/mol. The van der Waals surface area contributed by atoms with Crippen LogP contribution in [0, 0.1) is 0 Å². The maximum atomic E-state index is 12.5. The smallest absolute Gasteiger partial charge is 0.270 e. The second-order valence-corrected chi connectivity index (χ2v) is 5.04. The molecule has 5 heteroatoms. The van der Waals surface area contributed by atoms with E-state index in [4.69, 9.17) is 4.84 Å². The molecule has 5 nitrogen and oxygen atoms in total. The highest BCUT2D eigenvalue weighted by Gasteiger charge is 2.22. The van der Waals surface area contributed by atoms with Gasteiger partial charge in [-0.3, -0.25) is 14.3 Å². The highest BCUT2D eigenvalue weighted by Crippen LogP contribution is 2.17. The third kappa shape index (κ3) is 3.84. The fourth-order valence-corrected chi connectivity index (χ4v) is 2.31. The molecule has 3 aromatic rings. The minimum absolute atomic E-state index is 0.268. The number of hydrogen-bond donors (Lipinski definition) is 1. The normalized spacial score (nSPS) is 11.8. The second-order valence-electron chi connectivity index (χ2n) is 5.04. The fourth-order valence-electron chi connectivity index (χ4n) is 2.31. The van der Waals surface area contributed by atoms with Crippen molar-refractivity contribution in [3.8, 4) is 0 Å². The Labute approximate surface area is 134 Å². The summed E-state index contributed by atoms with van der Waals surface area (Å²) in [5.74, 6) is -0.268. The van der Waals surface area contributed by atoms with E-state index in [2.05, 4.69) is 10.6 Å². The van der Waals surface area contributed by atoms with Gasteiger partial charge < -0.3 is 0 Å². The van der Waals surface area contributed by atoms with E-state index in [1.54, 1.807) is 23.1 Å². The summed E-state index contributed by atoms with van der Waals surface area (Å²) >= 11 is 0. The number of rotatable bonds is 6. The molecule has 3 rings (SSSR count). The van der Waals surface area contributed by atoms with Gasteiger partial charge in [-0.15, -0.1) is 0 Å². The number of aromatic nitrogens is 2. The average molecular weight is 307 g/mol. The minimum Gasteiger partial charge on any atom is -0.270 e. The van der Waals surface area contributed by atoms with Crippen molar-refractivity contribution in [1.29, 1.82) is 0 Å². The Hall–Kier alpha value is -2.92. The molecule has 1 atom stereocenters. The number of hydroxylamine groups is 1. The topological polar surface area (TPSA) is 56.1 Å². The van der Waals surface area contributed by atoms with Crippen LogP contribution < -0.4 is 5.48 Å². The molecule has 2 aromatic carbocycles. The average Bonchev–Trinajstić information content (AvgIpc) is 3.11. The summed E-state index contributed by atoms with van der Waals surface area (Å²) in [5.41, 5.74) is 4.35. The number of carbonyl (C=O) groups excluding carboxylic acids is 1. The van der Waals surface area contributed by atoms with E-state index in [0.29, 0.717) is 6.61 Å². The molecular formula is C18H17N3O2. The minimum atomic E-state index is -0.568. The summed E-state index contributed by atoms with van der Waals surface area (Å²) in [6, 6.07) is 20.4. The summed E-state index contributed by atoms with van der Waals surface area (Å²) in [4.78, 5) is 17.9. The summed E-state index contributed by atoms with van der Waals surface area (Å²) < 4.78 is 1.61. The summed E-state index contributed by atoms with van der Waals surface area (Å²) in [5, 5.41) is 4.18. The Kier molecular flexibility index (Phi) is 4.81. The number of nitrogens with zero attached hydrogens (tertiary/aromatic N) is 2. The quantitative estimate of drug-likeness (QED) is 0.712. The zero-order valence-corrected chi connectivity index (χ0v) is 12.5. The maximum Gasteiger partial charge on any atom is 0.272 e. The van der Waals surface area contributed by atoms with Crippen LogP contribution in [0.1, 0.15) is 17.2 Å². The third-order valence-corrected chi connectivity index (χ3v) is 3.41. The van der Waals surface area contributed by atoms with Crippen molar-refractivity contribution in [2.75, 3.05) is 0 Å². The van der Waals surface area contributed by atoms with Crippen molar-refractivity contribution in [1.82, 2.24) is 15.3 Å². The molecule has 0 radical (unpaired) electrons. The van der Waals surface area contributed by atoms with E-state index in [-0.39, 0.29) is 5.91 Å². The first-order valence-electron chi connectivity index (χ1n) is 7.34. The first kappa shape index (κ1) is 15.0. The number of carbonyl (C=O) groups is 1. The Balaban J connectivity index is 1.69. The molecule has 0 saturated heterocycles. The van der Waals surface area contributed by atoms with Gasteiger partial charge >= 0.3 is 0 Å². The highest BCUT2D eigenvalue weighted by atomic mass is 16.6. The Morgan fingerprint density at radius 2 is 1.74 bits per heavy atom. The molecule has 0 spiro atoms. The highest BCUT2D eigenvalue weighted by molar-refractivity contribution is 5.82. The standard InChI is InChI=1S/C18H17N3O2/c22-18(20-23-14-15-8-3-1-4-9-15)17(21-13-7-12-19-21)16-10-5-2-6-11-16/h1-13,17H,14H2,(H,20,22). The summed E-state index contributed by atoms with van der Waals surface area (Å²) in [7, 11) is 0. The first-order chi connectivity index (χ1) is 11.3. The van der Waals surface area contributed by atoms with E-state index in [1.165, 1.54) is 0 Å². The molecule has 0 aliphatic rings. The van der Waals surface area contributed by atoms with Gasteiger partial charge in [0.25, 0.3) is 5.91 Å². The molecule has 1 amide bonds. The molecular weight excluding hydrogens is 290 g/mol. The molecule has 0 aliphatic carbocycles. The van der Waals surface area contributed by atoms with Crippen LogP contribution in [0.25, 0.3) is 0 Å². The van der Waals surface area contributed by atoms with Crippen molar-refractivity contribution in [3.63, 3.8) is 0 Å². The molecule has 116 valence electrons. The molecule has 0 aliphatic heterocycles. The lowest BCUT2D eigenvalue weighted by molar-refractivity contribution is -0.137. The van der Waals surface area contributed by atoms with Gasteiger partial charge in [0.15, 0.2) is 6.04 Å². The van der Waals surface area contributed by atoms with Crippen LogP contribution >= 0.6 is 0 Å². The van der Waals surface area contributed by atoms with Gasteiger partial charge in [0.05, 0.1) is 6.61 Å². The van der Waals surface area contributed by atoms with E-state index in [0.717, 1.165) is 11.1 Å². The van der Waals surface area contributed by atoms with Crippen LogP contribution in [0.3, 0.4) is 0 Å². The molecule has 23 heavy (non-hydrogen) atoms. The molecule has 0 fully saturated rings. The van der Waals surface area contributed by atoms with Crippen molar-refractivity contribution in [3.05, 3.63) is 90.3 Å². The van der Waals surface area contributed by atoms with E-state index in [9.17, 15) is 4.79 Å². The Morgan fingerprint density at radius 3 is 2.39 bits per heavy atom. The van der Waals surface area contributed by atoms with Crippen molar-refractivity contribution in [2.24, 2.45) is 0 Å². The largest absolute Gasteiger partial charge is 0.272 e. The van der Waals surface area contributed by atoms with Gasteiger partial charge in [0.1, 0.15) is 0 Å². The second kappa shape index (κ2) is 7.38. The van der Waals surface area contributed by atoms with Gasteiger partial charge in [0.2, 0.25) is 0 Å². The lowest BCUT2D eigenvalue weighted by Gasteiger charge is -2.17. The van der Waals surface area contributed by atoms with E-state index in [1.807, 2.05) is 60.7 Å². The lowest BCUT2D eigenvalue weighted by Crippen LogP contribution is -2.33. The third-order valence-electron chi connectivity index (χ3n) is 3.41. The van der Waals surface area contributed by atoms with Crippen LogP contribution in [0.2, 0.25) is 0 Å². The van der Waals surface area contributed by atoms with Crippen LogP contribution in [-0.2, 0) is 16.2 Å². The van der Waals surface area contributed by atoms with E-state index < -0.39 is 6.04 Å². The predicted molar refractivity (Wildman–Crippen MR) is 86.2 cm³/mol. The molecule has 1 unspecified atom stereocenters. The zero-order valence-electron chi connectivity index (χ0n) is 12.5. The molecule has 0 bridgehead atoms. The number of hydrogen-bond acceptors (Lipinski definition) is 3. The molecule has 0 saturated carbocycles. The Bertz CT molecular complexity index is 727. The van der Waals surface area contributed by atoms with Gasteiger partial charge in [-0.1, -0.05) is 60.7 Å². The number of benzene rings is 2. The zero-order chi connectivity index (χ0) is 15.9. The summed E-state index contributed by atoms with van der Waals surface area (Å²) in [6.07, 6.45) is 3.41. The van der Waals surface area contributed by atoms with Gasteiger partial charge in [-0.05, 0) is 17.2 Å². The van der Waals surface area contributed by atoms with Crippen molar-refractivity contribution in [2.45, 2.75) is 12.6 Å². The SMILES string of the molecule is O=C(NOCc1ccccc1)C(c1ccccc1)n1cccn1.